The zero-order valence-corrected chi connectivity index (χ0v) is 11.5. The predicted molar refractivity (Wildman–Crippen MR) is 71.5 cm³/mol. The highest BCUT2D eigenvalue weighted by molar-refractivity contribution is 5.22. The first kappa shape index (κ1) is 15.1. The first-order chi connectivity index (χ1) is 8.63. The van der Waals surface area contributed by atoms with E-state index in [1.807, 2.05) is 7.05 Å². The molecule has 0 saturated heterocycles. The molecule has 1 rings (SSSR count). The number of unbranched alkanes of at least 4 members (excludes halogenated alkanes) is 1. The minimum absolute atomic E-state index is 0.0397. The molecule has 0 aliphatic heterocycles. The van der Waals surface area contributed by atoms with Crippen LogP contribution >= 0.6 is 0 Å². The lowest BCUT2D eigenvalue weighted by Crippen LogP contribution is -2.26. The summed E-state index contributed by atoms with van der Waals surface area (Å²) in [6.45, 7) is 4.27. The highest BCUT2D eigenvalue weighted by Crippen LogP contribution is 2.30. The third-order valence-electron chi connectivity index (χ3n) is 3.53. The molecule has 0 aromatic heterocycles. The summed E-state index contributed by atoms with van der Waals surface area (Å²) >= 11 is 0. The molecule has 3 heteroatoms. The third kappa shape index (κ3) is 3.77. The Morgan fingerprint density at radius 1 is 1.22 bits per heavy atom. The molecule has 1 nitrogen and oxygen atoms in total. The van der Waals surface area contributed by atoms with Gasteiger partial charge in [0.1, 0.15) is 11.6 Å². The van der Waals surface area contributed by atoms with Crippen molar-refractivity contribution < 1.29 is 8.78 Å². The summed E-state index contributed by atoms with van der Waals surface area (Å²) in [7, 11) is 1.84. The molecule has 2 unspecified atom stereocenters. The van der Waals surface area contributed by atoms with E-state index in [1.54, 1.807) is 6.07 Å². The van der Waals surface area contributed by atoms with Crippen molar-refractivity contribution in [2.24, 2.45) is 5.92 Å². The molecule has 0 spiro atoms. The van der Waals surface area contributed by atoms with Crippen molar-refractivity contribution in [3.05, 3.63) is 35.4 Å². The number of halogens is 2. The SMILES string of the molecule is CCCCC(CC)C(NC)c1ccc(F)cc1F. The Balaban J connectivity index is 2.92. The largest absolute Gasteiger partial charge is 0.313 e. The second-order valence-corrected chi connectivity index (χ2v) is 4.74. The zero-order chi connectivity index (χ0) is 13.5. The van der Waals surface area contributed by atoms with Crippen molar-refractivity contribution in [3.63, 3.8) is 0 Å². The average molecular weight is 255 g/mol. The minimum Gasteiger partial charge on any atom is -0.313 e. The van der Waals surface area contributed by atoms with Gasteiger partial charge in [-0.3, -0.25) is 0 Å². The molecule has 18 heavy (non-hydrogen) atoms. The number of nitrogens with one attached hydrogen (secondary N) is 1. The van der Waals surface area contributed by atoms with Crippen LogP contribution in [-0.4, -0.2) is 7.05 Å². The Labute approximate surface area is 109 Å². The molecular formula is C15H23F2N. The van der Waals surface area contributed by atoms with Crippen LogP contribution in [0.5, 0.6) is 0 Å². The predicted octanol–water partition coefficient (Wildman–Crippen LogP) is 4.44. The van der Waals surface area contributed by atoms with Gasteiger partial charge in [0.05, 0.1) is 0 Å². The van der Waals surface area contributed by atoms with Crippen LogP contribution in [-0.2, 0) is 0 Å². The van der Waals surface area contributed by atoms with Gasteiger partial charge in [-0.2, -0.15) is 0 Å². The number of benzene rings is 1. The van der Waals surface area contributed by atoms with Crippen molar-refractivity contribution in [2.75, 3.05) is 7.05 Å². The second kappa shape index (κ2) is 7.47. The van der Waals surface area contributed by atoms with Crippen LogP contribution < -0.4 is 5.32 Å². The van der Waals surface area contributed by atoms with E-state index >= 15 is 0 Å². The minimum atomic E-state index is -0.521. The van der Waals surface area contributed by atoms with Crippen LogP contribution in [0.2, 0.25) is 0 Å². The molecule has 0 fully saturated rings. The molecule has 0 bridgehead atoms. The lowest BCUT2D eigenvalue weighted by Gasteiger charge is -2.26. The maximum atomic E-state index is 13.8. The van der Waals surface area contributed by atoms with Crippen LogP contribution in [0.15, 0.2) is 18.2 Å². The van der Waals surface area contributed by atoms with Crippen LogP contribution in [0.1, 0.15) is 51.1 Å². The summed E-state index contributed by atoms with van der Waals surface area (Å²) in [5.74, 6) is -0.591. The van der Waals surface area contributed by atoms with Crippen LogP contribution in [0.25, 0.3) is 0 Å². The maximum Gasteiger partial charge on any atom is 0.130 e. The second-order valence-electron chi connectivity index (χ2n) is 4.74. The number of hydrogen-bond acceptors (Lipinski definition) is 1. The number of rotatable bonds is 7. The molecule has 0 radical (unpaired) electrons. The van der Waals surface area contributed by atoms with E-state index in [2.05, 4.69) is 19.2 Å². The van der Waals surface area contributed by atoms with Gasteiger partial charge in [0, 0.05) is 17.7 Å². The van der Waals surface area contributed by atoms with E-state index in [9.17, 15) is 8.78 Å². The molecule has 0 saturated carbocycles. The molecule has 0 amide bonds. The van der Waals surface area contributed by atoms with Crippen LogP contribution in [0.4, 0.5) is 8.78 Å². The standard InChI is InChI=1S/C15H23F2N/c1-4-6-7-11(5-2)15(18-3)13-9-8-12(16)10-14(13)17/h8-11,15,18H,4-7H2,1-3H3. The van der Waals surface area contributed by atoms with Gasteiger partial charge in [-0.25, -0.2) is 8.78 Å². The molecular weight excluding hydrogens is 232 g/mol. The van der Waals surface area contributed by atoms with Gasteiger partial charge in [-0.1, -0.05) is 39.2 Å². The van der Waals surface area contributed by atoms with Gasteiger partial charge in [-0.15, -0.1) is 0 Å². The quantitative estimate of drug-likeness (QED) is 0.759. The van der Waals surface area contributed by atoms with E-state index in [4.69, 9.17) is 0 Å². The average Bonchev–Trinajstić information content (AvgIpc) is 2.36. The Morgan fingerprint density at radius 2 is 1.94 bits per heavy atom. The molecule has 0 heterocycles. The molecule has 2 atom stereocenters. The summed E-state index contributed by atoms with van der Waals surface area (Å²) in [6, 6.07) is 3.81. The fraction of sp³-hybridized carbons (Fsp3) is 0.600. The van der Waals surface area contributed by atoms with Gasteiger partial charge in [0.2, 0.25) is 0 Å². The van der Waals surface area contributed by atoms with Gasteiger partial charge in [0.15, 0.2) is 0 Å². The Morgan fingerprint density at radius 3 is 2.44 bits per heavy atom. The van der Waals surface area contributed by atoms with Crippen molar-refractivity contribution in [3.8, 4) is 0 Å². The van der Waals surface area contributed by atoms with E-state index in [-0.39, 0.29) is 6.04 Å². The lowest BCUT2D eigenvalue weighted by atomic mass is 9.86. The molecule has 102 valence electrons. The first-order valence-corrected chi connectivity index (χ1v) is 6.76. The Bertz CT molecular complexity index is 366. The van der Waals surface area contributed by atoms with Crippen molar-refractivity contribution in [1.29, 1.82) is 0 Å². The summed E-state index contributed by atoms with van der Waals surface area (Å²) in [4.78, 5) is 0. The van der Waals surface area contributed by atoms with Gasteiger partial charge in [-0.05, 0) is 25.5 Å². The molecule has 0 aliphatic rings. The van der Waals surface area contributed by atoms with E-state index in [0.717, 1.165) is 31.7 Å². The zero-order valence-electron chi connectivity index (χ0n) is 11.5. The maximum absolute atomic E-state index is 13.8. The van der Waals surface area contributed by atoms with Gasteiger partial charge >= 0.3 is 0 Å². The monoisotopic (exact) mass is 255 g/mol. The highest BCUT2D eigenvalue weighted by atomic mass is 19.1. The molecule has 1 aromatic rings. The normalized spacial score (nSPS) is 14.5. The third-order valence-corrected chi connectivity index (χ3v) is 3.53. The topological polar surface area (TPSA) is 12.0 Å². The van der Waals surface area contributed by atoms with Crippen molar-refractivity contribution >= 4 is 0 Å². The van der Waals surface area contributed by atoms with E-state index in [0.29, 0.717) is 11.5 Å². The van der Waals surface area contributed by atoms with Crippen molar-refractivity contribution in [2.45, 2.75) is 45.6 Å². The first-order valence-electron chi connectivity index (χ1n) is 6.76. The fourth-order valence-electron chi connectivity index (χ4n) is 2.47. The summed E-state index contributed by atoms with van der Waals surface area (Å²) in [5.41, 5.74) is 0.571. The summed E-state index contributed by atoms with van der Waals surface area (Å²) in [5, 5.41) is 3.18. The highest BCUT2D eigenvalue weighted by Gasteiger charge is 2.22. The van der Waals surface area contributed by atoms with E-state index in [1.165, 1.54) is 6.07 Å². The molecule has 1 aromatic carbocycles. The fourth-order valence-corrected chi connectivity index (χ4v) is 2.47. The summed E-state index contributed by atoms with van der Waals surface area (Å²) in [6.07, 6.45) is 4.33. The molecule has 0 aliphatic carbocycles. The Kier molecular flexibility index (Phi) is 6.27. The summed E-state index contributed by atoms with van der Waals surface area (Å²) < 4.78 is 26.8. The van der Waals surface area contributed by atoms with E-state index < -0.39 is 11.6 Å². The number of hydrogen-bond donors (Lipinski definition) is 1. The van der Waals surface area contributed by atoms with Crippen molar-refractivity contribution in [1.82, 2.24) is 5.32 Å². The Hall–Kier alpha value is -0.960. The van der Waals surface area contributed by atoms with Gasteiger partial charge < -0.3 is 5.32 Å². The van der Waals surface area contributed by atoms with Crippen LogP contribution in [0, 0.1) is 17.6 Å². The molecule has 1 N–H and O–H groups in total. The lowest BCUT2D eigenvalue weighted by molar-refractivity contribution is 0.330. The van der Waals surface area contributed by atoms with Gasteiger partial charge in [0.25, 0.3) is 0 Å². The van der Waals surface area contributed by atoms with Crippen LogP contribution in [0.3, 0.4) is 0 Å². The smallest absolute Gasteiger partial charge is 0.130 e.